The van der Waals surface area contributed by atoms with Crippen molar-refractivity contribution in [3.63, 3.8) is 0 Å². The van der Waals surface area contributed by atoms with E-state index in [2.05, 4.69) is 0 Å². The van der Waals surface area contributed by atoms with Gasteiger partial charge in [0, 0.05) is 5.69 Å². The number of anilines is 1. The minimum absolute atomic E-state index is 0.0166. The number of benzene rings is 1. The highest BCUT2D eigenvalue weighted by atomic mass is 127. The molecule has 62 valence electrons. The zero-order valence-corrected chi connectivity index (χ0v) is 8.93. The Morgan fingerprint density at radius 3 is 3.00 bits per heavy atom. The maximum Gasteiger partial charge on any atom is 0.277 e. The fraction of sp³-hybridized carbons (Fsp3) is 0. The summed E-state index contributed by atoms with van der Waals surface area (Å²) in [6.07, 6.45) is 0. The number of halogens is 1. The Bertz CT molecular complexity index is 488. The van der Waals surface area contributed by atoms with Crippen LogP contribution in [0.1, 0.15) is 0 Å². The molecule has 1 aromatic heterocycles. The van der Waals surface area contributed by atoms with Gasteiger partial charge >= 0.3 is 0 Å². The molecule has 0 saturated heterocycles. The Kier molecular flexibility index (Phi) is 1.84. The van der Waals surface area contributed by atoms with E-state index >= 15 is 0 Å². The van der Waals surface area contributed by atoms with E-state index in [1.165, 1.54) is 11.5 Å². The smallest absolute Gasteiger partial charge is 0.277 e. The summed E-state index contributed by atoms with van der Waals surface area (Å²) in [6, 6.07) is 5.38. The van der Waals surface area contributed by atoms with Crippen molar-refractivity contribution in [3.8, 4) is 0 Å². The van der Waals surface area contributed by atoms with Crippen molar-refractivity contribution >= 4 is 50.2 Å². The highest BCUT2D eigenvalue weighted by molar-refractivity contribution is 14.1. The van der Waals surface area contributed by atoms with Gasteiger partial charge in [0.15, 0.2) is 0 Å². The standard InChI is InChI=1S/C7H5IN2OS/c8-10-7(11)5-3-4(9)1-2-6(5)12-10/h1-3H,9H2. The molecule has 2 rings (SSSR count). The number of fused-ring (bicyclic) bond motifs is 1. The number of aromatic nitrogens is 1. The molecule has 0 amide bonds. The summed E-state index contributed by atoms with van der Waals surface area (Å²) < 4.78 is 2.55. The van der Waals surface area contributed by atoms with Crippen molar-refractivity contribution in [2.75, 3.05) is 5.73 Å². The Labute approximate surface area is 86.4 Å². The van der Waals surface area contributed by atoms with E-state index in [4.69, 9.17) is 5.73 Å². The van der Waals surface area contributed by atoms with Gasteiger partial charge in [-0.15, -0.1) is 0 Å². The second-order valence-corrected chi connectivity index (χ2v) is 5.00. The molecule has 0 fully saturated rings. The summed E-state index contributed by atoms with van der Waals surface area (Å²) in [4.78, 5) is 11.4. The van der Waals surface area contributed by atoms with E-state index in [-0.39, 0.29) is 5.56 Å². The van der Waals surface area contributed by atoms with Gasteiger partial charge in [0.25, 0.3) is 5.56 Å². The Morgan fingerprint density at radius 1 is 1.50 bits per heavy atom. The van der Waals surface area contributed by atoms with E-state index in [1.807, 2.05) is 28.9 Å². The van der Waals surface area contributed by atoms with E-state index in [0.717, 1.165) is 4.70 Å². The zero-order valence-electron chi connectivity index (χ0n) is 5.95. The lowest BCUT2D eigenvalue weighted by molar-refractivity contribution is 1.42. The first kappa shape index (κ1) is 8.06. The van der Waals surface area contributed by atoms with Gasteiger partial charge in [-0.1, -0.05) is 0 Å². The molecule has 5 heteroatoms. The van der Waals surface area contributed by atoms with Crippen LogP contribution in [-0.4, -0.2) is 2.17 Å². The van der Waals surface area contributed by atoms with Crippen molar-refractivity contribution in [1.29, 1.82) is 0 Å². The Balaban J connectivity index is 2.98. The highest BCUT2D eigenvalue weighted by Gasteiger charge is 2.04. The third-order valence-electron chi connectivity index (χ3n) is 1.57. The summed E-state index contributed by atoms with van der Waals surface area (Å²) in [5.74, 6) is 0. The number of hydrogen-bond donors (Lipinski definition) is 1. The maximum absolute atomic E-state index is 11.4. The topological polar surface area (TPSA) is 48.0 Å². The van der Waals surface area contributed by atoms with Gasteiger partial charge in [-0.2, -0.15) is 0 Å². The van der Waals surface area contributed by atoms with Gasteiger partial charge in [0.1, 0.15) is 0 Å². The Morgan fingerprint density at radius 2 is 2.25 bits per heavy atom. The molecule has 1 aromatic carbocycles. The lowest BCUT2D eigenvalue weighted by Crippen LogP contribution is -2.02. The third-order valence-corrected chi connectivity index (χ3v) is 3.48. The van der Waals surface area contributed by atoms with Gasteiger partial charge in [-0.3, -0.25) is 4.79 Å². The minimum atomic E-state index is 0.0166. The summed E-state index contributed by atoms with van der Waals surface area (Å²) in [7, 11) is 0. The molecule has 0 atom stereocenters. The van der Waals surface area contributed by atoms with Gasteiger partial charge in [0.2, 0.25) is 0 Å². The van der Waals surface area contributed by atoms with Crippen LogP contribution < -0.4 is 11.3 Å². The summed E-state index contributed by atoms with van der Waals surface area (Å²) in [6.45, 7) is 0. The van der Waals surface area contributed by atoms with Crippen LogP contribution in [0.3, 0.4) is 0 Å². The van der Waals surface area contributed by atoms with Crippen molar-refractivity contribution < 1.29 is 0 Å². The first-order chi connectivity index (χ1) is 5.68. The van der Waals surface area contributed by atoms with Crippen molar-refractivity contribution in [3.05, 3.63) is 28.6 Å². The van der Waals surface area contributed by atoms with Crippen LogP contribution >= 0.6 is 34.4 Å². The van der Waals surface area contributed by atoms with Gasteiger partial charge in [-0.25, -0.2) is 2.17 Å². The lowest BCUT2D eigenvalue weighted by atomic mass is 10.2. The third kappa shape index (κ3) is 1.13. The molecule has 0 aliphatic carbocycles. The summed E-state index contributed by atoms with van der Waals surface area (Å²) in [5.41, 5.74) is 6.21. The van der Waals surface area contributed by atoms with E-state index in [1.54, 1.807) is 14.3 Å². The molecule has 0 radical (unpaired) electrons. The quantitative estimate of drug-likeness (QED) is 0.595. The van der Waals surface area contributed by atoms with Gasteiger partial charge in [0.05, 0.1) is 33.0 Å². The molecule has 0 aliphatic heterocycles. The molecular weight excluding hydrogens is 287 g/mol. The fourth-order valence-electron chi connectivity index (χ4n) is 1.02. The van der Waals surface area contributed by atoms with Crippen molar-refractivity contribution in [1.82, 2.24) is 2.17 Å². The molecule has 12 heavy (non-hydrogen) atoms. The lowest BCUT2D eigenvalue weighted by Gasteiger charge is -1.88. The van der Waals surface area contributed by atoms with Crippen LogP contribution in [0.5, 0.6) is 0 Å². The predicted molar refractivity (Wildman–Crippen MR) is 59.9 cm³/mol. The van der Waals surface area contributed by atoms with E-state index < -0.39 is 0 Å². The normalized spacial score (nSPS) is 10.8. The molecule has 2 aromatic rings. The van der Waals surface area contributed by atoms with Crippen LogP contribution in [-0.2, 0) is 0 Å². The molecule has 3 nitrogen and oxygen atoms in total. The molecule has 1 heterocycles. The van der Waals surface area contributed by atoms with Crippen LogP contribution in [0.25, 0.3) is 10.1 Å². The maximum atomic E-state index is 11.4. The predicted octanol–water partition coefficient (Wildman–Crippen LogP) is 1.84. The zero-order chi connectivity index (χ0) is 8.72. The number of nitrogen functional groups attached to an aromatic ring is 1. The summed E-state index contributed by atoms with van der Waals surface area (Å²) in [5, 5.41) is 0.703. The van der Waals surface area contributed by atoms with Crippen LogP contribution in [0.15, 0.2) is 23.0 Å². The SMILES string of the molecule is Nc1ccc2sn(I)c(=O)c2c1. The number of nitrogens with two attached hydrogens (primary N) is 1. The highest BCUT2D eigenvalue weighted by Crippen LogP contribution is 2.20. The molecule has 0 spiro atoms. The van der Waals surface area contributed by atoms with E-state index in [0.29, 0.717) is 11.1 Å². The molecule has 2 N–H and O–H groups in total. The first-order valence-electron chi connectivity index (χ1n) is 3.26. The fourth-order valence-corrected chi connectivity index (χ4v) is 2.64. The molecule has 0 unspecified atom stereocenters. The van der Waals surface area contributed by atoms with Gasteiger partial charge < -0.3 is 5.73 Å². The molecule has 0 aliphatic rings. The Hall–Kier alpha value is -0.560. The minimum Gasteiger partial charge on any atom is -0.399 e. The molecule has 0 saturated carbocycles. The molecular formula is C7H5IN2OS. The molecule has 0 bridgehead atoms. The van der Waals surface area contributed by atoms with Crippen molar-refractivity contribution in [2.24, 2.45) is 0 Å². The van der Waals surface area contributed by atoms with Crippen molar-refractivity contribution in [2.45, 2.75) is 0 Å². The first-order valence-corrected chi connectivity index (χ1v) is 5.00. The monoisotopic (exact) mass is 292 g/mol. The van der Waals surface area contributed by atoms with Crippen LogP contribution in [0, 0.1) is 0 Å². The average molecular weight is 292 g/mol. The second kappa shape index (κ2) is 2.74. The van der Waals surface area contributed by atoms with Crippen LogP contribution in [0.2, 0.25) is 0 Å². The van der Waals surface area contributed by atoms with E-state index in [9.17, 15) is 4.79 Å². The average Bonchev–Trinajstić information content (AvgIpc) is 2.31. The number of nitrogens with zero attached hydrogens (tertiary/aromatic N) is 1. The largest absolute Gasteiger partial charge is 0.399 e. The second-order valence-electron chi connectivity index (χ2n) is 2.40. The van der Waals surface area contributed by atoms with Crippen LogP contribution in [0.4, 0.5) is 5.69 Å². The van der Waals surface area contributed by atoms with Gasteiger partial charge in [-0.05, 0) is 29.7 Å². The number of hydrogen-bond acceptors (Lipinski definition) is 3. The summed E-state index contributed by atoms with van der Waals surface area (Å²) >= 11 is 3.39. The number of rotatable bonds is 0.